The molecule has 8 heteroatoms. The predicted molar refractivity (Wildman–Crippen MR) is 124 cm³/mol. The van der Waals surface area contributed by atoms with E-state index in [2.05, 4.69) is 21.2 Å². The molecule has 0 unspecified atom stereocenters. The lowest BCUT2D eigenvalue weighted by Crippen LogP contribution is -2.25. The van der Waals surface area contributed by atoms with Crippen LogP contribution in [0.4, 0.5) is 5.69 Å². The van der Waals surface area contributed by atoms with Gasteiger partial charge in [-0.2, -0.15) is 5.10 Å². The number of nitrogens with zero attached hydrogens (tertiary/aromatic N) is 3. The summed E-state index contributed by atoms with van der Waals surface area (Å²) in [6.45, 7) is 6.11. The van der Waals surface area contributed by atoms with Gasteiger partial charge < -0.3 is 10.1 Å². The van der Waals surface area contributed by atoms with Gasteiger partial charge in [0.05, 0.1) is 17.1 Å². The Labute approximate surface area is 187 Å². The monoisotopic (exact) mass is 484 g/mol. The molecule has 1 N–H and O–H groups in total. The van der Waals surface area contributed by atoms with Crippen molar-refractivity contribution >= 4 is 44.6 Å². The zero-order valence-corrected chi connectivity index (χ0v) is 19.3. The standard InChI is InChI=1S/C22H21BrN4O2S/c1-13(2)24-22-27(26-14(3)15-5-4-6-17(23)9-15)19(12-30-22)16-7-8-20-18(10-16)25-21(28)11-29-20/h4-10,12-13H,11H2,1-3H3,(H,25,28). The second-order valence-corrected chi connectivity index (χ2v) is 8.93. The number of rotatable bonds is 4. The first kappa shape index (κ1) is 20.6. The number of hydrogen-bond acceptors (Lipinski definition) is 5. The summed E-state index contributed by atoms with van der Waals surface area (Å²) in [5, 5.41) is 9.80. The molecule has 4 rings (SSSR count). The van der Waals surface area contributed by atoms with E-state index in [1.165, 1.54) is 11.3 Å². The lowest BCUT2D eigenvalue weighted by Gasteiger charge is -2.18. The van der Waals surface area contributed by atoms with Gasteiger partial charge in [-0.3, -0.25) is 9.79 Å². The number of nitrogens with one attached hydrogen (secondary N) is 1. The minimum atomic E-state index is -0.156. The highest BCUT2D eigenvalue weighted by Gasteiger charge is 2.18. The summed E-state index contributed by atoms with van der Waals surface area (Å²) < 4.78 is 8.35. The Hall–Kier alpha value is -2.71. The largest absolute Gasteiger partial charge is 0.482 e. The van der Waals surface area contributed by atoms with Crippen LogP contribution in [0.15, 0.2) is 62.4 Å². The smallest absolute Gasteiger partial charge is 0.262 e. The molecule has 1 aliphatic rings. The van der Waals surface area contributed by atoms with E-state index < -0.39 is 0 Å². The molecule has 3 aromatic rings. The van der Waals surface area contributed by atoms with Crippen molar-refractivity contribution in [3.05, 3.63) is 62.7 Å². The van der Waals surface area contributed by atoms with Gasteiger partial charge in [-0.05, 0) is 56.7 Å². The fraction of sp³-hybridized carbons (Fsp3) is 0.227. The summed E-state index contributed by atoms with van der Waals surface area (Å²) in [5.41, 5.74) is 4.38. The molecule has 0 aliphatic carbocycles. The predicted octanol–water partition coefficient (Wildman–Crippen LogP) is 4.89. The van der Waals surface area contributed by atoms with Crippen molar-refractivity contribution < 1.29 is 9.53 Å². The molecule has 0 bridgehead atoms. The average Bonchev–Trinajstić information content (AvgIpc) is 3.08. The van der Waals surface area contributed by atoms with Crippen LogP contribution in [0.3, 0.4) is 0 Å². The zero-order valence-electron chi connectivity index (χ0n) is 16.8. The maximum Gasteiger partial charge on any atom is 0.262 e. The number of aromatic nitrogens is 1. The van der Waals surface area contributed by atoms with Crippen LogP contribution in [-0.2, 0) is 4.79 Å². The van der Waals surface area contributed by atoms with Gasteiger partial charge in [0.2, 0.25) is 4.80 Å². The Bertz CT molecular complexity index is 1210. The van der Waals surface area contributed by atoms with Crippen LogP contribution in [0, 0.1) is 0 Å². The van der Waals surface area contributed by atoms with Crippen molar-refractivity contribution in [2.24, 2.45) is 10.1 Å². The van der Waals surface area contributed by atoms with E-state index in [-0.39, 0.29) is 18.6 Å². The van der Waals surface area contributed by atoms with E-state index >= 15 is 0 Å². The second kappa shape index (κ2) is 8.57. The maximum atomic E-state index is 11.7. The van der Waals surface area contributed by atoms with Crippen molar-refractivity contribution in [3.63, 3.8) is 0 Å². The molecule has 0 atom stereocenters. The second-order valence-electron chi connectivity index (χ2n) is 7.18. The van der Waals surface area contributed by atoms with E-state index in [0.29, 0.717) is 11.4 Å². The molecule has 0 fully saturated rings. The van der Waals surface area contributed by atoms with E-state index in [1.807, 2.05) is 73.3 Å². The molecular formula is C22H21BrN4O2S. The molecule has 1 aromatic heterocycles. The molecule has 0 saturated carbocycles. The molecule has 1 aliphatic heterocycles. The van der Waals surface area contributed by atoms with Gasteiger partial charge in [0, 0.05) is 21.5 Å². The molecule has 2 heterocycles. The van der Waals surface area contributed by atoms with Gasteiger partial charge in [-0.15, -0.1) is 11.3 Å². The number of carbonyl (C=O) groups is 1. The summed E-state index contributed by atoms with van der Waals surface area (Å²) in [4.78, 5) is 17.3. The van der Waals surface area contributed by atoms with E-state index in [1.54, 1.807) is 0 Å². The first-order chi connectivity index (χ1) is 14.4. The Morgan fingerprint density at radius 3 is 2.87 bits per heavy atom. The van der Waals surface area contributed by atoms with Crippen LogP contribution in [0.2, 0.25) is 0 Å². The van der Waals surface area contributed by atoms with Gasteiger partial charge in [-0.1, -0.05) is 28.1 Å². The van der Waals surface area contributed by atoms with Gasteiger partial charge in [0.15, 0.2) is 6.61 Å². The molecular weight excluding hydrogens is 464 g/mol. The maximum absolute atomic E-state index is 11.7. The number of ether oxygens (including phenoxy) is 1. The van der Waals surface area contributed by atoms with Crippen LogP contribution in [0.25, 0.3) is 11.3 Å². The van der Waals surface area contributed by atoms with E-state index in [4.69, 9.17) is 14.8 Å². The minimum absolute atomic E-state index is 0.0400. The van der Waals surface area contributed by atoms with E-state index in [9.17, 15) is 4.79 Å². The molecule has 6 nitrogen and oxygen atoms in total. The van der Waals surface area contributed by atoms with Gasteiger partial charge in [0.1, 0.15) is 5.75 Å². The quantitative estimate of drug-likeness (QED) is 0.535. The number of anilines is 1. The fourth-order valence-corrected chi connectivity index (χ4v) is 4.43. The van der Waals surface area contributed by atoms with Crippen LogP contribution in [0.5, 0.6) is 5.75 Å². The van der Waals surface area contributed by atoms with Crippen LogP contribution in [-0.4, -0.2) is 28.9 Å². The Kier molecular flexibility index (Phi) is 5.87. The molecule has 154 valence electrons. The van der Waals surface area contributed by atoms with Crippen molar-refractivity contribution in [3.8, 4) is 17.0 Å². The van der Waals surface area contributed by atoms with Crippen molar-refractivity contribution in [1.82, 2.24) is 4.68 Å². The zero-order chi connectivity index (χ0) is 21.3. The molecule has 1 amide bonds. The SMILES string of the molecule is CC(=Nn1c(-c2ccc3c(c2)NC(=O)CO3)csc1=NC(C)C)c1cccc(Br)c1. The highest BCUT2D eigenvalue weighted by atomic mass is 79.9. The third-order valence-corrected chi connectivity index (χ3v) is 5.78. The van der Waals surface area contributed by atoms with Gasteiger partial charge >= 0.3 is 0 Å². The third kappa shape index (κ3) is 4.39. The lowest BCUT2D eigenvalue weighted by atomic mass is 10.1. The van der Waals surface area contributed by atoms with Gasteiger partial charge in [0.25, 0.3) is 5.91 Å². The summed E-state index contributed by atoms with van der Waals surface area (Å²) in [6.07, 6.45) is 0. The summed E-state index contributed by atoms with van der Waals surface area (Å²) >= 11 is 5.06. The topological polar surface area (TPSA) is 68.0 Å². The Balaban J connectivity index is 1.84. The van der Waals surface area contributed by atoms with Crippen molar-refractivity contribution in [2.45, 2.75) is 26.8 Å². The number of halogens is 1. The number of thiazole rings is 1. The number of benzene rings is 2. The van der Waals surface area contributed by atoms with Crippen LogP contribution < -0.4 is 14.9 Å². The summed E-state index contributed by atoms with van der Waals surface area (Å²) in [5.74, 6) is 0.512. The number of amides is 1. The number of fused-ring (bicyclic) bond motifs is 1. The molecule has 2 aromatic carbocycles. The van der Waals surface area contributed by atoms with Crippen molar-refractivity contribution in [1.29, 1.82) is 0 Å². The average molecular weight is 485 g/mol. The third-order valence-electron chi connectivity index (χ3n) is 4.45. The first-order valence-electron chi connectivity index (χ1n) is 9.53. The van der Waals surface area contributed by atoms with Crippen LogP contribution in [0.1, 0.15) is 26.3 Å². The highest BCUT2D eigenvalue weighted by Crippen LogP contribution is 2.33. The Morgan fingerprint density at radius 1 is 1.27 bits per heavy atom. The van der Waals surface area contributed by atoms with Crippen molar-refractivity contribution in [2.75, 3.05) is 11.9 Å². The molecule has 0 saturated heterocycles. The Morgan fingerprint density at radius 2 is 2.10 bits per heavy atom. The number of carbonyl (C=O) groups excluding carboxylic acids is 1. The lowest BCUT2D eigenvalue weighted by molar-refractivity contribution is -0.118. The molecule has 30 heavy (non-hydrogen) atoms. The summed E-state index contributed by atoms with van der Waals surface area (Å²) in [7, 11) is 0. The minimum Gasteiger partial charge on any atom is -0.482 e. The van der Waals surface area contributed by atoms with Gasteiger partial charge in [-0.25, -0.2) is 4.68 Å². The first-order valence-corrected chi connectivity index (χ1v) is 11.2. The number of hydrogen-bond donors (Lipinski definition) is 1. The highest BCUT2D eigenvalue weighted by molar-refractivity contribution is 9.10. The molecule has 0 spiro atoms. The summed E-state index contributed by atoms with van der Waals surface area (Å²) in [6, 6.07) is 13.9. The normalized spacial score (nSPS) is 14.5. The molecule has 0 radical (unpaired) electrons. The fourth-order valence-electron chi connectivity index (χ4n) is 3.07. The van der Waals surface area contributed by atoms with Crippen LogP contribution >= 0.6 is 27.3 Å². The van der Waals surface area contributed by atoms with E-state index in [0.717, 1.165) is 31.8 Å².